The van der Waals surface area contributed by atoms with Gasteiger partial charge in [0, 0.05) is 30.8 Å². The topological polar surface area (TPSA) is 79.5 Å². The Hall–Kier alpha value is -0.860. The first-order valence-corrected chi connectivity index (χ1v) is 7.27. The van der Waals surface area contributed by atoms with Crippen LogP contribution in [0.2, 0.25) is 0 Å². The number of hydrogen-bond acceptors (Lipinski definition) is 4. The number of nitrogens with two attached hydrogens (primary N) is 1. The number of nitrogens with zero attached hydrogens (tertiary/aromatic N) is 3. The largest absolute Gasteiger partial charge is 0.382 e. The van der Waals surface area contributed by atoms with Gasteiger partial charge in [-0.25, -0.2) is 4.98 Å². The first-order valence-electron chi connectivity index (χ1n) is 5.08. The normalized spacial score (nSPS) is 20.5. The second-order valence-corrected chi connectivity index (χ2v) is 6.69. The summed E-state index contributed by atoms with van der Waals surface area (Å²) in [5.74, 6) is 0.215. The lowest BCUT2D eigenvalue weighted by molar-refractivity contribution is 0.438. The lowest BCUT2D eigenvalue weighted by Gasteiger charge is -2.34. The molecule has 0 unspecified atom stereocenters. The highest BCUT2D eigenvalue weighted by Gasteiger charge is 2.32. The zero-order valence-electron chi connectivity index (χ0n) is 9.30. The van der Waals surface area contributed by atoms with Crippen molar-refractivity contribution in [3.63, 3.8) is 0 Å². The molecule has 0 amide bonds. The fourth-order valence-electron chi connectivity index (χ4n) is 1.72. The maximum Gasteiger partial charge on any atom is 0.303 e. The second-order valence-electron chi connectivity index (χ2n) is 3.81. The van der Waals surface area contributed by atoms with Crippen LogP contribution in [-0.2, 0) is 10.2 Å². The molecular formula is C9H13BrN4O2S. The highest BCUT2D eigenvalue weighted by Crippen LogP contribution is 2.29. The standard InChI is InChI=1S/C9H13BrN4O2S/c1-13-3-2-4-14(17(13,15)16)8-5-7(10)6-12-9(8)11/h5-6H,2-4H2,1H3,(H2,11,12). The second kappa shape index (κ2) is 4.43. The zero-order valence-corrected chi connectivity index (χ0v) is 11.7. The fourth-order valence-corrected chi connectivity index (χ4v) is 3.49. The SMILES string of the molecule is CN1CCCN(c2cc(Br)cnc2N)S1(=O)=O. The van der Waals surface area contributed by atoms with Gasteiger partial charge in [-0.3, -0.25) is 4.31 Å². The molecule has 0 aliphatic carbocycles. The van der Waals surface area contributed by atoms with Crippen molar-refractivity contribution in [3.8, 4) is 0 Å². The highest BCUT2D eigenvalue weighted by molar-refractivity contribution is 9.10. The Balaban J connectivity index is 2.49. The molecule has 0 atom stereocenters. The molecule has 1 aromatic rings. The predicted molar refractivity (Wildman–Crippen MR) is 69.9 cm³/mol. The molecule has 1 fully saturated rings. The lowest BCUT2D eigenvalue weighted by atomic mass is 10.3. The van der Waals surface area contributed by atoms with Crippen LogP contribution in [0.25, 0.3) is 0 Å². The van der Waals surface area contributed by atoms with Crippen molar-refractivity contribution >= 4 is 37.6 Å². The minimum absolute atomic E-state index is 0.215. The van der Waals surface area contributed by atoms with E-state index in [4.69, 9.17) is 5.73 Å². The summed E-state index contributed by atoms with van der Waals surface area (Å²) in [6.07, 6.45) is 2.31. The lowest BCUT2D eigenvalue weighted by Crippen LogP contribution is -2.48. The van der Waals surface area contributed by atoms with E-state index in [1.807, 2.05) is 0 Å². The van der Waals surface area contributed by atoms with E-state index in [0.29, 0.717) is 23.2 Å². The number of aromatic nitrogens is 1. The summed E-state index contributed by atoms with van der Waals surface area (Å²) in [6.45, 7) is 0.954. The molecule has 1 saturated heterocycles. The van der Waals surface area contributed by atoms with Gasteiger partial charge in [-0.05, 0) is 28.4 Å². The van der Waals surface area contributed by atoms with E-state index in [9.17, 15) is 8.42 Å². The van der Waals surface area contributed by atoms with Gasteiger partial charge in [0.15, 0.2) is 0 Å². The van der Waals surface area contributed by atoms with Gasteiger partial charge < -0.3 is 5.73 Å². The average molecular weight is 321 g/mol. The van der Waals surface area contributed by atoms with Crippen LogP contribution in [0.15, 0.2) is 16.7 Å². The van der Waals surface area contributed by atoms with E-state index in [1.54, 1.807) is 19.3 Å². The number of nitrogen functional groups attached to an aromatic ring is 1. The van der Waals surface area contributed by atoms with Gasteiger partial charge in [0.05, 0.1) is 5.69 Å². The van der Waals surface area contributed by atoms with Crippen molar-refractivity contribution in [2.24, 2.45) is 0 Å². The Morgan fingerprint density at radius 1 is 1.47 bits per heavy atom. The molecule has 6 nitrogen and oxygen atoms in total. The number of pyridine rings is 1. The third-order valence-corrected chi connectivity index (χ3v) is 4.98. The number of rotatable bonds is 1. The average Bonchev–Trinajstić information content (AvgIpc) is 2.26. The molecule has 94 valence electrons. The Kier molecular flexibility index (Phi) is 3.28. The Labute approximate surface area is 109 Å². The first kappa shape index (κ1) is 12.6. The Morgan fingerprint density at radius 3 is 2.88 bits per heavy atom. The van der Waals surface area contributed by atoms with Gasteiger partial charge in [0.25, 0.3) is 0 Å². The third kappa shape index (κ3) is 2.24. The molecular weight excluding hydrogens is 308 g/mol. The summed E-state index contributed by atoms with van der Waals surface area (Å²) in [7, 11) is -1.91. The maximum atomic E-state index is 12.1. The number of anilines is 2. The van der Waals surface area contributed by atoms with Gasteiger partial charge in [0.2, 0.25) is 0 Å². The summed E-state index contributed by atoms with van der Waals surface area (Å²) < 4.78 is 27.6. The van der Waals surface area contributed by atoms with Crippen LogP contribution in [0.4, 0.5) is 11.5 Å². The Morgan fingerprint density at radius 2 is 2.18 bits per heavy atom. The quantitative estimate of drug-likeness (QED) is 0.830. The van der Waals surface area contributed by atoms with Gasteiger partial charge in [-0.1, -0.05) is 0 Å². The molecule has 17 heavy (non-hydrogen) atoms. The van der Waals surface area contributed by atoms with E-state index in [0.717, 1.165) is 6.42 Å². The van der Waals surface area contributed by atoms with Crippen molar-refractivity contribution in [2.45, 2.75) is 6.42 Å². The van der Waals surface area contributed by atoms with E-state index in [1.165, 1.54) is 8.61 Å². The third-order valence-electron chi connectivity index (χ3n) is 2.64. The summed E-state index contributed by atoms with van der Waals surface area (Å²) in [5, 5.41) is 0. The molecule has 1 aliphatic rings. The molecule has 8 heteroatoms. The van der Waals surface area contributed by atoms with Gasteiger partial charge in [0.1, 0.15) is 5.82 Å². The molecule has 1 aliphatic heterocycles. The van der Waals surface area contributed by atoms with Crippen LogP contribution >= 0.6 is 15.9 Å². The molecule has 0 bridgehead atoms. The van der Waals surface area contributed by atoms with E-state index < -0.39 is 10.2 Å². The molecule has 1 aromatic heterocycles. The fraction of sp³-hybridized carbons (Fsp3) is 0.444. The summed E-state index contributed by atoms with van der Waals surface area (Å²) in [6, 6.07) is 1.67. The van der Waals surface area contributed by atoms with Gasteiger partial charge in [-0.2, -0.15) is 12.7 Å². The first-order chi connectivity index (χ1) is 7.93. The van der Waals surface area contributed by atoms with Gasteiger partial charge >= 0.3 is 10.2 Å². The Bertz CT molecular complexity index is 534. The van der Waals surface area contributed by atoms with Crippen LogP contribution in [-0.4, -0.2) is 37.8 Å². The summed E-state index contributed by atoms with van der Waals surface area (Å²) in [5.41, 5.74) is 6.15. The smallest absolute Gasteiger partial charge is 0.303 e. The van der Waals surface area contributed by atoms with Crippen molar-refractivity contribution in [1.29, 1.82) is 0 Å². The van der Waals surface area contributed by atoms with E-state index in [2.05, 4.69) is 20.9 Å². The molecule has 0 spiro atoms. The number of hydrogen-bond donors (Lipinski definition) is 1. The van der Waals surface area contributed by atoms with Crippen molar-refractivity contribution in [3.05, 3.63) is 16.7 Å². The van der Waals surface area contributed by atoms with Crippen molar-refractivity contribution < 1.29 is 8.42 Å². The number of halogens is 1. The predicted octanol–water partition coefficient (Wildman–Crippen LogP) is 0.813. The van der Waals surface area contributed by atoms with Crippen LogP contribution in [0.3, 0.4) is 0 Å². The van der Waals surface area contributed by atoms with Gasteiger partial charge in [-0.15, -0.1) is 0 Å². The van der Waals surface area contributed by atoms with Crippen LogP contribution in [0.5, 0.6) is 0 Å². The van der Waals surface area contributed by atoms with E-state index in [-0.39, 0.29) is 5.82 Å². The summed E-state index contributed by atoms with van der Waals surface area (Å²) >= 11 is 3.26. The molecule has 0 saturated carbocycles. The minimum atomic E-state index is -3.47. The minimum Gasteiger partial charge on any atom is -0.382 e. The molecule has 0 aromatic carbocycles. The monoisotopic (exact) mass is 320 g/mol. The summed E-state index contributed by atoms with van der Waals surface area (Å²) in [4.78, 5) is 3.95. The van der Waals surface area contributed by atoms with Crippen molar-refractivity contribution in [2.75, 3.05) is 30.2 Å². The zero-order chi connectivity index (χ0) is 12.6. The molecule has 2 N–H and O–H groups in total. The molecule has 2 heterocycles. The van der Waals surface area contributed by atoms with E-state index >= 15 is 0 Å². The maximum absolute atomic E-state index is 12.1. The molecule has 0 radical (unpaired) electrons. The highest BCUT2D eigenvalue weighted by atomic mass is 79.9. The molecule has 2 rings (SSSR count). The van der Waals surface area contributed by atoms with Crippen LogP contribution < -0.4 is 10.0 Å². The van der Waals surface area contributed by atoms with Crippen LogP contribution in [0, 0.1) is 0 Å². The van der Waals surface area contributed by atoms with Crippen LogP contribution in [0.1, 0.15) is 6.42 Å². The van der Waals surface area contributed by atoms with Crippen molar-refractivity contribution in [1.82, 2.24) is 9.29 Å².